The highest BCUT2D eigenvalue weighted by Crippen LogP contribution is 2.30. The second-order valence-corrected chi connectivity index (χ2v) is 3.37. The predicted octanol–water partition coefficient (Wildman–Crippen LogP) is 2.72. The van der Waals surface area contributed by atoms with Gasteiger partial charge in [0, 0.05) is 12.1 Å². The van der Waals surface area contributed by atoms with Crippen LogP contribution in [-0.4, -0.2) is 17.8 Å². The van der Waals surface area contributed by atoms with Gasteiger partial charge in [-0.15, -0.1) is 11.8 Å². The Morgan fingerprint density at radius 3 is 2.79 bits per heavy atom. The Bertz CT molecular complexity index is 341. The zero-order valence-corrected chi connectivity index (χ0v) is 8.84. The standard InChI is InChI=1S/C9H11NO3S/c1-3-13-7-4-5-8(10(11)12)9(6-7)14-2/h4-6H,3H2,1-2H3. The molecule has 0 aliphatic rings. The van der Waals surface area contributed by atoms with Gasteiger partial charge in [0.2, 0.25) is 0 Å². The fourth-order valence-electron chi connectivity index (χ4n) is 1.07. The number of rotatable bonds is 4. The van der Waals surface area contributed by atoms with Crippen LogP contribution in [0, 0.1) is 10.1 Å². The molecule has 0 aliphatic heterocycles. The third-order valence-corrected chi connectivity index (χ3v) is 2.43. The van der Waals surface area contributed by atoms with Crippen molar-refractivity contribution in [2.45, 2.75) is 11.8 Å². The van der Waals surface area contributed by atoms with E-state index in [2.05, 4.69) is 0 Å². The van der Waals surface area contributed by atoms with Crippen molar-refractivity contribution in [1.29, 1.82) is 0 Å². The van der Waals surface area contributed by atoms with Crippen LogP contribution < -0.4 is 4.74 Å². The molecule has 0 N–H and O–H groups in total. The molecule has 0 fully saturated rings. The molecular formula is C9H11NO3S. The van der Waals surface area contributed by atoms with E-state index in [0.717, 1.165) is 0 Å². The summed E-state index contributed by atoms with van der Waals surface area (Å²) in [6, 6.07) is 4.77. The topological polar surface area (TPSA) is 52.4 Å². The van der Waals surface area contributed by atoms with E-state index in [0.29, 0.717) is 17.3 Å². The minimum absolute atomic E-state index is 0.126. The van der Waals surface area contributed by atoms with Gasteiger partial charge in [-0.1, -0.05) is 0 Å². The van der Waals surface area contributed by atoms with Gasteiger partial charge in [-0.05, 0) is 19.2 Å². The van der Waals surface area contributed by atoms with E-state index >= 15 is 0 Å². The van der Waals surface area contributed by atoms with Crippen LogP contribution in [0.5, 0.6) is 5.75 Å². The van der Waals surface area contributed by atoms with Crippen molar-refractivity contribution >= 4 is 17.4 Å². The fraction of sp³-hybridized carbons (Fsp3) is 0.333. The van der Waals surface area contributed by atoms with Crippen molar-refractivity contribution in [2.24, 2.45) is 0 Å². The number of hydrogen-bond donors (Lipinski definition) is 0. The lowest BCUT2D eigenvalue weighted by atomic mass is 10.3. The van der Waals surface area contributed by atoms with E-state index in [1.54, 1.807) is 18.4 Å². The second kappa shape index (κ2) is 4.85. The van der Waals surface area contributed by atoms with E-state index in [1.807, 2.05) is 6.92 Å². The number of hydrogen-bond acceptors (Lipinski definition) is 4. The fourth-order valence-corrected chi connectivity index (χ4v) is 1.65. The van der Waals surface area contributed by atoms with Gasteiger partial charge >= 0.3 is 0 Å². The summed E-state index contributed by atoms with van der Waals surface area (Å²) in [4.78, 5) is 10.8. The Hall–Kier alpha value is -1.23. The number of benzene rings is 1. The van der Waals surface area contributed by atoms with E-state index in [-0.39, 0.29) is 10.6 Å². The van der Waals surface area contributed by atoms with Gasteiger partial charge in [0.25, 0.3) is 5.69 Å². The van der Waals surface area contributed by atoms with E-state index in [1.165, 1.54) is 17.8 Å². The molecule has 0 amide bonds. The number of nitrogens with zero attached hydrogens (tertiary/aromatic N) is 1. The minimum atomic E-state index is -0.387. The number of ether oxygens (including phenoxy) is 1. The first-order valence-corrected chi connectivity index (χ1v) is 5.36. The maximum atomic E-state index is 10.6. The summed E-state index contributed by atoms with van der Waals surface area (Å²) in [6.45, 7) is 2.44. The molecule has 0 heterocycles. The van der Waals surface area contributed by atoms with E-state index in [4.69, 9.17) is 4.74 Å². The average Bonchev–Trinajstić information content (AvgIpc) is 2.17. The molecule has 0 unspecified atom stereocenters. The molecule has 0 saturated carbocycles. The number of nitro groups is 1. The zero-order valence-electron chi connectivity index (χ0n) is 8.02. The maximum absolute atomic E-state index is 10.6. The molecule has 0 aliphatic carbocycles. The van der Waals surface area contributed by atoms with E-state index < -0.39 is 0 Å². The van der Waals surface area contributed by atoms with Crippen LogP contribution in [0.25, 0.3) is 0 Å². The molecule has 5 heteroatoms. The van der Waals surface area contributed by atoms with Gasteiger partial charge in [-0.2, -0.15) is 0 Å². The van der Waals surface area contributed by atoms with E-state index in [9.17, 15) is 10.1 Å². The van der Waals surface area contributed by atoms with Gasteiger partial charge in [-0.3, -0.25) is 10.1 Å². The van der Waals surface area contributed by atoms with Crippen molar-refractivity contribution in [3.05, 3.63) is 28.3 Å². The third kappa shape index (κ3) is 2.38. The molecule has 14 heavy (non-hydrogen) atoms. The average molecular weight is 213 g/mol. The number of thioether (sulfide) groups is 1. The first-order valence-electron chi connectivity index (χ1n) is 4.14. The number of nitro benzene ring substituents is 1. The molecule has 0 aromatic heterocycles. The van der Waals surface area contributed by atoms with Crippen LogP contribution >= 0.6 is 11.8 Å². The molecular weight excluding hydrogens is 202 g/mol. The van der Waals surface area contributed by atoms with Gasteiger partial charge in [0.1, 0.15) is 5.75 Å². The summed E-state index contributed by atoms with van der Waals surface area (Å²) in [5.74, 6) is 0.669. The molecule has 0 radical (unpaired) electrons. The summed E-state index contributed by atoms with van der Waals surface area (Å²) in [7, 11) is 0. The highest BCUT2D eigenvalue weighted by Gasteiger charge is 2.13. The predicted molar refractivity (Wildman–Crippen MR) is 56.0 cm³/mol. The first-order chi connectivity index (χ1) is 6.69. The van der Waals surface area contributed by atoms with Gasteiger partial charge in [0.15, 0.2) is 0 Å². The summed E-state index contributed by atoms with van der Waals surface area (Å²) in [5.41, 5.74) is 0.126. The van der Waals surface area contributed by atoms with Crippen LogP contribution in [0.15, 0.2) is 23.1 Å². The smallest absolute Gasteiger partial charge is 0.283 e. The second-order valence-electron chi connectivity index (χ2n) is 2.52. The zero-order chi connectivity index (χ0) is 10.6. The van der Waals surface area contributed by atoms with Gasteiger partial charge < -0.3 is 4.74 Å². The lowest BCUT2D eigenvalue weighted by Crippen LogP contribution is -1.94. The molecule has 1 aromatic carbocycles. The molecule has 1 aromatic rings. The lowest BCUT2D eigenvalue weighted by molar-refractivity contribution is -0.387. The molecule has 0 spiro atoms. The molecule has 1 rings (SSSR count). The van der Waals surface area contributed by atoms with Crippen LogP contribution in [0.2, 0.25) is 0 Å². The summed E-state index contributed by atoms with van der Waals surface area (Å²) in [5, 5.41) is 10.6. The maximum Gasteiger partial charge on any atom is 0.283 e. The van der Waals surface area contributed by atoms with Crippen LogP contribution in [0.3, 0.4) is 0 Å². The highest BCUT2D eigenvalue weighted by molar-refractivity contribution is 7.98. The summed E-state index contributed by atoms with van der Waals surface area (Å²) in [6.07, 6.45) is 1.80. The third-order valence-electron chi connectivity index (χ3n) is 1.66. The van der Waals surface area contributed by atoms with Gasteiger partial charge in [-0.25, -0.2) is 0 Å². The Balaban J connectivity index is 3.05. The Morgan fingerprint density at radius 2 is 2.29 bits per heavy atom. The molecule has 0 bridgehead atoms. The molecule has 76 valence electrons. The van der Waals surface area contributed by atoms with Gasteiger partial charge in [0.05, 0.1) is 16.4 Å². The normalized spacial score (nSPS) is 9.86. The van der Waals surface area contributed by atoms with Crippen LogP contribution in [-0.2, 0) is 0 Å². The highest BCUT2D eigenvalue weighted by atomic mass is 32.2. The van der Waals surface area contributed by atoms with Crippen molar-refractivity contribution < 1.29 is 9.66 Å². The Labute approximate surface area is 86.4 Å². The van der Waals surface area contributed by atoms with Crippen LogP contribution in [0.4, 0.5) is 5.69 Å². The lowest BCUT2D eigenvalue weighted by Gasteiger charge is -2.04. The monoisotopic (exact) mass is 213 g/mol. The van der Waals surface area contributed by atoms with Crippen LogP contribution in [0.1, 0.15) is 6.92 Å². The first kappa shape index (κ1) is 10.8. The largest absolute Gasteiger partial charge is 0.494 e. The quantitative estimate of drug-likeness (QED) is 0.438. The molecule has 0 saturated heterocycles. The summed E-state index contributed by atoms with van der Waals surface area (Å²) >= 11 is 1.34. The van der Waals surface area contributed by atoms with Crippen molar-refractivity contribution in [3.63, 3.8) is 0 Å². The molecule has 0 atom stereocenters. The Morgan fingerprint density at radius 1 is 1.57 bits per heavy atom. The minimum Gasteiger partial charge on any atom is -0.494 e. The van der Waals surface area contributed by atoms with Crippen molar-refractivity contribution in [1.82, 2.24) is 0 Å². The summed E-state index contributed by atoms with van der Waals surface area (Å²) < 4.78 is 5.25. The Kier molecular flexibility index (Phi) is 3.76. The van der Waals surface area contributed by atoms with Crippen molar-refractivity contribution in [2.75, 3.05) is 12.9 Å². The SMILES string of the molecule is CCOc1ccc([N+](=O)[O-])c(SC)c1. The molecule has 4 nitrogen and oxygen atoms in total. The van der Waals surface area contributed by atoms with Crippen molar-refractivity contribution in [3.8, 4) is 5.75 Å².